The van der Waals surface area contributed by atoms with Crippen molar-refractivity contribution in [1.29, 1.82) is 0 Å². The zero-order valence-corrected chi connectivity index (χ0v) is 12.7. The second kappa shape index (κ2) is 6.61. The number of aryl methyl sites for hydroxylation is 2. The third kappa shape index (κ3) is 3.42. The Hall–Kier alpha value is -1.75. The van der Waals surface area contributed by atoms with Crippen molar-refractivity contribution in [2.45, 2.75) is 37.3 Å². The molecule has 20 heavy (non-hydrogen) atoms. The Labute approximate surface area is 122 Å². The van der Waals surface area contributed by atoms with Crippen molar-refractivity contribution in [1.82, 2.24) is 5.16 Å². The van der Waals surface area contributed by atoms with E-state index in [-0.39, 0.29) is 11.2 Å². The summed E-state index contributed by atoms with van der Waals surface area (Å²) in [6, 6.07) is 9.93. The molecule has 2 aromatic rings. The summed E-state index contributed by atoms with van der Waals surface area (Å²) in [5, 5.41) is 6.62. The molecule has 0 spiro atoms. The summed E-state index contributed by atoms with van der Waals surface area (Å²) in [6.07, 6.45) is 0.759. The summed E-state index contributed by atoms with van der Waals surface area (Å²) < 4.78 is 5.06. The third-order valence-corrected chi connectivity index (χ3v) is 4.34. The first-order valence-electron chi connectivity index (χ1n) is 6.57. The van der Waals surface area contributed by atoms with Crippen LogP contribution in [0.4, 0.5) is 5.69 Å². The minimum atomic E-state index is -0.133. The highest BCUT2D eigenvalue weighted by Gasteiger charge is 2.20. The van der Waals surface area contributed by atoms with Gasteiger partial charge in [0.1, 0.15) is 11.4 Å². The summed E-state index contributed by atoms with van der Waals surface area (Å²) in [5.41, 5.74) is 1.39. The van der Waals surface area contributed by atoms with Gasteiger partial charge in [0.2, 0.25) is 5.91 Å². The minimum absolute atomic E-state index is 0.0178. The Morgan fingerprint density at radius 1 is 1.35 bits per heavy atom. The number of thioether (sulfide) groups is 1. The topological polar surface area (TPSA) is 55.1 Å². The molecule has 0 bridgehead atoms. The largest absolute Gasteiger partial charge is 0.359 e. The Balaban J connectivity index is 2.06. The van der Waals surface area contributed by atoms with Crippen molar-refractivity contribution in [3.8, 4) is 0 Å². The van der Waals surface area contributed by atoms with E-state index in [1.807, 2.05) is 44.2 Å². The second-order valence-corrected chi connectivity index (χ2v) is 5.79. The van der Waals surface area contributed by atoms with Gasteiger partial charge in [-0.2, -0.15) is 0 Å². The van der Waals surface area contributed by atoms with Crippen molar-refractivity contribution in [3.05, 3.63) is 41.8 Å². The van der Waals surface area contributed by atoms with Gasteiger partial charge >= 0.3 is 0 Å². The summed E-state index contributed by atoms with van der Waals surface area (Å²) in [5.74, 6) is 0.617. The number of nitrogens with one attached hydrogen (secondary N) is 1. The number of benzene rings is 1. The van der Waals surface area contributed by atoms with Crippen LogP contribution in [0.1, 0.15) is 24.8 Å². The molecule has 0 aliphatic rings. The number of aromatic nitrogens is 1. The average Bonchev–Trinajstić information content (AvgIpc) is 2.77. The van der Waals surface area contributed by atoms with Gasteiger partial charge in [0.05, 0.1) is 5.25 Å². The second-order valence-electron chi connectivity index (χ2n) is 4.52. The summed E-state index contributed by atoms with van der Waals surface area (Å²) >= 11 is 1.57. The molecule has 0 fully saturated rings. The fraction of sp³-hybridized carbons (Fsp3) is 0.333. The first-order valence-corrected chi connectivity index (χ1v) is 7.45. The number of hydrogen-bond donors (Lipinski definition) is 1. The molecule has 0 saturated carbocycles. The fourth-order valence-corrected chi connectivity index (χ4v) is 2.83. The van der Waals surface area contributed by atoms with Crippen LogP contribution in [-0.4, -0.2) is 16.3 Å². The summed E-state index contributed by atoms with van der Waals surface area (Å²) in [4.78, 5) is 13.4. The quantitative estimate of drug-likeness (QED) is 0.851. The number of nitrogens with zero attached hydrogens (tertiary/aromatic N) is 1. The lowest BCUT2D eigenvalue weighted by Gasteiger charge is -2.14. The molecule has 106 valence electrons. The maximum absolute atomic E-state index is 12.3. The fourth-order valence-electron chi connectivity index (χ4n) is 1.85. The molecule has 0 unspecified atom stereocenters. The number of rotatable bonds is 5. The minimum Gasteiger partial charge on any atom is -0.359 e. The van der Waals surface area contributed by atoms with Gasteiger partial charge in [0.15, 0.2) is 5.76 Å². The number of hydrogen-bond acceptors (Lipinski definition) is 4. The molecule has 5 heteroatoms. The van der Waals surface area contributed by atoms with Crippen molar-refractivity contribution < 1.29 is 9.32 Å². The Morgan fingerprint density at radius 3 is 2.60 bits per heavy atom. The SMILES string of the molecule is CC[C@H](Sc1ccccc1)C(=O)Nc1c(C)noc1C. The lowest BCUT2D eigenvalue weighted by molar-refractivity contribution is -0.115. The predicted octanol–water partition coefficient (Wildman–Crippen LogP) is 3.80. The van der Waals surface area contributed by atoms with Gasteiger partial charge in [-0.1, -0.05) is 30.3 Å². The van der Waals surface area contributed by atoms with Crippen molar-refractivity contribution in [3.63, 3.8) is 0 Å². The van der Waals surface area contributed by atoms with Crippen LogP contribution in [0.3, 0.4) is 0 Å². The molecule has 0 saturated heterocycles. The molecule has 4 nitrogen and oxygen atoms in total. The van der Waals surface area contributed by atoms with Crippen LogP contribution in [0.15, 0.2) is 39.8 Å². The number of anilines is 1. The first-order chi connectivity index (χ1) is 9.61. The lowest BCUT2D eigenvalue weighted by atomic mass is 10.2. The third-order valence-electron chi connectivity index (χ3n) is 2.97. The molecule has 0 aliphatic heterocycles. The highest BCUT2D eigenvalue weighted by molar-refractivity contribution is 8.00. The maximum atomic E-state index is 12.3. The van der Waals surface area contributed by atoms with Gasteiger partial charge in [-0.3, -0.25) is 4.79 Å². The first kappa shape index (κ1) is 14.7. The van der Waals surface area contributed by atoms with Crippen LogP contribution in [0.2, 0.25) is 0 Å². The van der Waals surface area contributed by atoms with Crippen LogP contribution in [-0.2, 0) is 4.79 Å². The average molecular weight is 290 g/mol. The molecule has 0 aliphatic carbocycles. The molecule has 1 heterocycles. The van der Waals surface area contributed by atoms with Crippen LogP contribution in [0.5, 0.6) is 0 Å². The zero-order valence-electron chi connectivity index (χ0n) is 11.8. The van der Waals surface area contributed by atoms with Crippen LogP contribution < -0.4 is 5.32 Å². The Bertz CT molecular complexity index is 561. The maximum Gasteiger partial charge on any atom is 0.237 e. The molecule has 1 atom stereocenters. The molecule has 1 aromatic carbocycles. The van der Waals surface area contributed by atoms with Crippen LogP contribution in [0, 0.1) is 13.8 Å². The Morgan fingerprint density at radius 2 is 2.05 bits per heavy atom. The zero-order chi connectivity index (χ0) is 14.5. The number of carbonyl (C=O) groups excluding carboxylic acids is 1. The van der Waals surface area contributed by atoms with Crippen molar-refractivity contribution in [2.75, 3.05) is 5.32 Å². The van der Waals surface area contributed by atoms with E-state index in [4.69, 9.17) is 4.52 Å². The summed E-state index contributed by atoms with van der Waals surface area (Å²) in [6.45, 7) is 5.62. The van der Waals surface area contributed by atoms with Crippen molar-refractivity contribution in [2.24, 2.45) is 0 Å². The van der Waals surface area contributed by atoms with E-state index < -0.39 is 0 Å². The van der Waals surface area contributed by atoms with Gasteiger partial charge in [-0.25, -0.2) is 0 Å². The highest BCUT2D eigenvalue weighted by Crippen LogP contribution is 2.27. The molecular formula is C15H18N2O2S. The van der Waals surface area contributed by atoms with Crippen LogP contribution in [0.25, 0.3) is 0 Å². The molecule has 1 N–H and O–H groups in total. The van der Waals surface area contributed by atoms with E-state index in [1.54, 1.807) is 18.7 Å². The van der Waals surface area contributed by atoms with E-state index in [1.165, 1.54) is 0 Å². The smallest absolute Gasteiger partial charge is 0.237 e. The predicted molar refractivity (Wildman–Crippen MR) is 81.0 cm³/mol. The van der Waals surface area contributed by atoms with Crippen molar-refractivity contribution >= 4 is 23.4 Å². The van der Waals surface area contributed by atoms with Gasteiger partial charge < -0.3 is 9.84 Å². The van der Waals surface area contributed by atoms with Gasteiger partial charge in [0.25, 0.3) is 0 Å². The standard InChI is InChI=1S/C15H18N2O2S/c1-4-13(20-12-8-6-5-7-9-12)15(18)16-14-10(2)17-19-11(14)3/h5-9,13H,4H2,1-3H3,(H,16,18)/t13-/m0/s1. The lowest BCUT2D eigenvalue weighted by Crippen LogP contribution is -2.25. The van der Waals surface area contributed by atoms with Gasteiger partial charge in [-0.05, 0) is 32.4 Å². The van der Waals surface area contributed by atoms with Crippen LogP contribution >= 0.6 is 11.8 Å². The van der Waals surface area contributed by atoms with E-state index in [9.17, 15) is 4.79 Å². The monoisotopic (exact) mass is 290 g/mol. The number of amides is 1. The molecule has 0 radical (unpaired) electrons. The van der Waals surface area contributed by atoms with E-state index in [0.717, 1.165) is 11.3 Å². The Kier molecular flexibility index (Phi) is 4.84. The molecule has 1 aromatic heterocycles. The number of carbonyl (C=O) groups is 1. The van der Waals surface area contributed by atoms with Gasteiger partial charge in [-0.15, -0.1) is 11.8 Å². The molecule has 1 amide bonds. The molecular weight excluding hydrogens is 272 g/mol. The highest BCUT2D eigenvalue weighted by atomic mass is 32.2. The molecule has 2 rings (SSSR count). The van der Waals surface area contributed by atoms with E-state index >= 15 is 0 Å². The summed E-state index contributed by atoms with van der Waals surface area (Å²) in [7, 11) is 0. The van der Waals surface area contributed by atoms with E-state index in [2.05, 4.69) is 10.5 Å². The van der Waals surface area contributed by atoms with Gasteiger partial charge in [0, 0.05) is 4.90 Å². The van der Waals surface area contributed by atoms with E-state index in [0.29, 0.717) is 17.1 Å². The normalized spacial score (nSPS) is 12.2.